The molecule has 0 aromatic carbocycles. The summed E-state index contributed by atoms with van der Waals surface area (Å²) < 4.78 is 5.45. The molecule has 0 radical (unpaired) electrons. The minimum Gasteiger partial charge on any atom is -0.432 e. The monoisotopic (exact) mass is 223 g/mol. The van der Waals surface area contributed by atoms with Crippen molar-refractivity contribution in [1.29, 1.82) is 0 Å². The minimum absolute atomic E-state index is 0.442. The van der Waals surface area contributed by atoms with Gasteiger partial charge in [0.25, 0.3) is 6.01 Å². The SMILES string of the molecule is CC1CCCCC1N(C)c1nc(CN)co1. The minimum atomic E-state index is 0.442. The van der Waals surface area contributed by atoms with Gasteiger partial charge in [-0.3, -0.25) is 0 Å². The third-order valence-corrected chi connectivity index (χ3v) is 3.61. The van der Waals surface area contributed by atoms with E-state index in [4.69, 9.17) is 10.2 Å². The molecule has 4 nitrogen and oxygen atoms in total. The van der Waals surface area contributed by atoms with Crippen LogP contribution in [0.15, 0.2) is 10.7 Å². The van der Waals surface area contributed by atoms with Crippen LogP contribution in [0.25, 0.3) is 0 Å². The maximum absolute atomic E-state index is 5.53. The zero-order valence-corrected chi connectivity index (χ0v) is 10.1. The Kier molecular flexibility index (Phi) is 3.49. The van der Waals surface area contributed by atoms with Gasteiger partial charge >= 0.3 is 0 Å². The maximum atomic E-state index is 5.53. The Morgan fingerprint density at radius 3 is 2.88 bits per heavy atom. The van der Waals surface area contributed by atoms with Crippen molar-refractivity contribution >= 4 is 6.01 Å². The Hall–Kier alpha value is -1.03. The van der Waals surface area contributed by atoms with Crippen LogP contribution in [-0.2, 0) is 6.54 Å². The molecule has 1 aliphatic rings. The first-order valence-corrected chi connectivity index (χ1v) is 6.09. The van der Waals surface area contributed by atoms with Gasteiger partial charge in [0.05, 0.1) is 5.69 Å². The zero-order chi connectivity index (χ0) is 11.5. The maximum Gasteiger partial charge on any atom is 0.297 e. The predicted molar refractivity (Wildman–Crippen MR) is 64.2 cm³/mol. The Labute approximate surface area is 96.8 Å². The van der Waals surface area contributed by atoms with Crippen molar-refractivity contribution in [2.45, 2.75) is 45.2 Å². The van der Waals surface area contributed by atoms with Crippen molar-refractivity contribution in [2.75, 3.05) is 11.9 Å². The second kappa shape index (κ2) is 4.87. The number of hydrogen-bond acceptors (Lipinski definition) is 4. The average Bonchev–Trinajstić information content (AvgIpc) is 2.77. The smallest absolute Gasteiger partial charge is 0.297 e. The number of oxazole rings is 1. The summed E-state index contributed by atoms with van der Waals surface area (Å²) in [7, 11) is 2.07. The summed E-state index contributed by atoms with van der Waals surface area (Å²) in [6.07, 6.45) is 6.85. The molecule has 1 aromatic heterocycles. The van der Waals surface area contributed by atoms with E-state index in [9.17, 15) is 0 Å². The molecule has 1 heterocycles. The van der Waals surface area contributed by atoms with Crippen molar-refractivity contribution in [3.8, 4) is 0 Å². The van der Waals surface area contributed by atoms with Gasteiger partial charge < -0.3 is 15.1 Å². The molecule has 1 aliphatic carbocycles. The second-order valence-corrected chi connectivity index (χ2v) is 4.77. The summed E-state index contributed by atoms with van der Waals surface area (Å²) in [5, 5.41) is 0. The number of anilines is 1. The molecule has 0 saturated heterocycles. The normalized spacial score (nSPS) is 25.7. The lowest BCUT2D eigenvalue weighted by Gasteiger charge is -2.35. The van der Waals surface area contributed by atoms with Gasteiger partial charge in [-0.15, -0.1) is 0 Å². The topological polar surface area (TPSA) is 55.3 Å². The highest BCUT2D eigenvalue weighted by atomic mass is 16.4. The van der Waals surface area contributed by atoms with Crippen molar-refractivity contribution < 1.29 is 4.42 Å². The molecule has 4 heteroatoms. The van der Waals surface area contributed by atoms with Crippen LogP contribution in [0.3, 0.4) is 0 Å². The average molecular weight is 223 g/mol. The molecule has 0 amide bonds. The number of rotatable bonds is 3. The molecule has 0 bridgehead atoms. The molecule has 2 rings (SSSR count). The number of nitrogens with two attached hydrogens (primary N) is 1. The molecule has 1 fully saturated rings. The Morgan fingerprint density at radius 1 is 1.50 bits per heavy atom. The lowest BCUT2D eigenvalue weighted by molar-refractivity contribution is 0.311. The highest BCUT2D eigenvalue weighted by Crippen LogP contribution is 2.29. The van der Waals surface area contributed by atoms with E-state index in [0.717, 1.165) is 5.69 Å². The fourth-order valence-electron chi connectivity index (χ4n) is 2.57. The van der Waals surface area contributed by atoms with E-state index in [1.807, 2.05) is 0 Å². The highest BCUT2D eigenvalue weighted by Gasteiger charge is 2.27. The van der Waals surface area contributed by atoms with Crippen LogP contribution in [0.1, 0.15) is 38.3 Å². The van der Waals surface area contributed by atoms with Gasteiger partial charge in [-0.25, -0.2) is 0 Å². The van der Waals surface area contributed by atoms with Crippen LogP contribution >= 0.6 is 0 Å². The van der Waals surface area contributed by atoms with Crippen LogP contribution in [-0.4, -0.2) is 18.1 Å². The van der Waals surface area contributed by atoms with Crippen LogP contribution in [0.5, 0.6) is 0 Å². The lowest BCUT2D eigenvalue weighted by atomic mass is 9.85. The van der Waals surface area contributed by atoms with Crippen LogP contribution in [0.2, 0.25) is 0 Å². The summed E-state index contributed by atoms with van der Waals surface area (Å²) in [4.78, 5) is 6.54. The summed E-state index contributed by atoms with van der Waals surface area (Å²) in [5.41, 5.74) is 6.35. The van der Waals surface area contributed by atoms with Gasteiger partial charge in [0.2, 0.25) is 0 Å². The van der Waals surface area contributed by atoms with Crippen molar-refractivity contribution in [2.24, 2.45) is 11.7 Å². The summed E-state index contributed by atoms with van der Waals surface area (Å²) in [6, 6.07) is 1.26. The molecule has 1 saturated carbocycles. The highest BCUT2D eigenvalue weighted by molar-refractivity contribution is 5.28. The first-order chi connectivity index (χ1) is 7.72. The molecule has 2 N–H and O–H groups in total. The molecule has 2 unspecified atom stereocenters. The first-order valence-electron chi connectivity index (χ1n) is 6.09. The van der Waals surface area contributed by atoms with Gasteiger partial charge in [0.15, 0.2) is 0 Å². The fraction of sp³-hybridized carbons (Fsp3) is 0.750. The van der Waals surface area contributed by atoms with E-state index in [-0.39, 0.29) is 0 Å². The number of aromatic nitrogens is 1. The van der Waals surface area contributed by atoms with E-state index in [1.54, 1.807) is 6.26 Å². The van der Waals surface area contributed by atoms with Crippen molar-refractivity contribution in [3.05, 3.63) is 12.0 Å². The first kappa shape index (κ1) is 11.5. The second-order valence-electron chi connectivity index (χ2n) is 4.77. The third kappa shape index (κ3) is 2.21. The van der Waals surface area contributed by atoms with E-state index < -0.39 is 0 Å². The van der Waals surface area contributed by atoms with Gasteiger partial charge in [-0.1, -0.05) is 19.8 Å². The molecular formula is C12H21N3O. The molecule has 1 aromatic rings. The molecular weight excluding hydrogens is 202 g/mol. The number of hydrogen-bond donors (Lipinski definition) is 1. The fourth-order valence-corrected chi connectivity index (χ4v) is 2.57. The molecule has 2 atom stereocenters. The Morgan fingerprint density at radius 2 is 2.25 bits per heavy atom. The summed E-state index contributed by atoms with van der Waals surface area (Å²) >= 11 is 0. The van der Waals surface area contributed by atoms with E-state index in [1.165, 1.54) is 25.7 Å². The van der Waals surface area contributed by atoms with E-state index in [2.05, 4.69) is 23.9 Å². The van der Waals surface area contributed by atoms with Crippen LogP contribution < -0.4 is 10.6 Å². The van der Waals surface area contributed by atoms with Crippen molar-refractivity contribution in [3.63, 3.8) is 0 Å². The molecule has 0 spiro atoms. The number of nitrogens with zero attached hydrogens (tertiary/aromatic N) is 2. The van der Waals surface area contributed by atoms with Crippen molar-refractivity contribution in [1.82, 2.24) is 4.98 Å². The van der Waals surface area contributed by atoms with E-state index in [0.29, 0.717) is 24.5 Å². The lowest BCUT2D eigenvalue weighted by Crippen LogP contribution is -2.39. The molecule has 16 heavy (non-hydrogen) atoms. The largest absolute Gasteiger partial charge is 0.432 e. The van der Waals surface area contributed by atoms with Gasteiger partial charge in [-0.05, 0) is 18.8 Å². The standard InChI is InChI=1S/C12H21N3O/c1-9-5-3-4-6-11(9)15(2)12-14-10(7-13)8-16-12/h8-9,11H,3-7,13H2,1-2H3. The van der Waals surface area contributed by atoms with E-state index >= 15 is 0 Å². The Bertz CT molecular complexity index is 337. The Balaban J connectivity index is 2.07. The molecule has 0 aliphatic heterocycles. The summed E-state index contributed by atoms with van der Waals surface area (Å²) in [5.74, 6) is 0.715. The zero-order valence-electron chi connectivity index (χ0n) is 10.1. The predicted octanol–water partition coefficient (Wildman–Crippen LogP) is 2.15. The summed E-state index contributed by atoms with van der Waals surface area (Å²) in [6.45, 7) is 2.75. The molecule has 90 valence electrons. The van der Waals surface area contributed by atoms with Gasteiger partial charge in [0.1, 0.15) is 6.26 Å². The van der Waals surface area contributed by atoms with Gasteiger partial charge in [-0.2, -0.15) is 4.98 Å². The van der Waals surface area contributed by atoms with Crippen LogP contribution in [0, 0.1) is 5.92 Å². The van der Waals surface area contributed by atoms with Gasteiger partial charge in [0, 0.05) is 19.6 Å². The quantitative estimate of drug-likeness (QED) is 0.853. The third-order valence-electron chi connectivity index (χ3n) is 3.61. The van der Waals surface area contributed by atoms with Crippen LogP contribution in [0.4, 0.5) is 6.01 Å².